The molecule has 1 aromatic carbocycles. The smallest absolute Gasteiger partial charge is 0.289 e. The molecule has 4 N–H and O–H groups in total. The molecule has 0 heterocycles. The summed E-state index contributed by atoms with van der Waals surface area (Å²) in [4.78, 5) is 21.3. The maximum Gasteiger partial charge on any atom is 0.289 e. The fraction of sp³-hybridized carbons (Fsp3) is 0.462. The molecule has 0 aliphatic carbocycles. The fourth-order valence-electron chi connectivity index (χ4n) is 1.70. The Morgan fingerprint density at radius 1 is 1.30 bits per heavy atom. The van der Waals surface area contributed by atoms with Crippen LogP contribution < -0.4 is 15.8 Å². The van der Waals surface area contributed by atoms with Gasteiger partial charge in [-0.05, 0) is 12.0 Å². The minimum absolute atomic E-state index is 0.0269. The van der Waals surface area contributed by atoms with Crippen LogP contribution in [0.25, 0.3) is 0 Å². The molecule has 23 heavy (non-hydrogen) atoms. The van der Waals surface area contributed by atoms with Crippen molar-refractivity contribution in [1.82, 2.24) is 10.0 Å². The molecule has 9 nitrogen and oxygen atoms in total. The molecule has 0 saturated carbocycles. The van der Waals surface area contributed by atoms with Crippen LogP contribution in [0.1, 0.15) is 13.8 Å². The third-order valence-electron chi connectivity index (χ3n) is 3.09. The number of hydrogen-bond donors (Lipinski definition) is 3. The molecule has 1 rings (SSSR count). The van der Waals surface area contributed by atoms with Crippen LogP contribution in [0, 0.1) is 16.0 Å². The second-order valence-corrected chi connectivity index (χ2v) is 6.92. The van der Waals surface area contributed by atoms with Crippen LogP contribution in [0.15, 0.2) is 29.2 Å². The van der Waals surface area contributed by atoms with Crippen LogP contribution in [0.5, 0.6) is 0 Å². The standard InChI is InChI=1S/C13H20N4O5S/c1-9(2)12(14)13(18)15-7-8-16-23(21,22)11-6-4-3-5-10(11)17(19)20/h3-6,9,12,16H,7-8,14H2,1-2H3,(H,15,18)/t12-/m0/s1. The van der Waals surface area contributed by atoms with Crippen molar-refractivity contribution >= 4 is 21.6 Å². The summed E-state index contributed by atoms with van der Waals surface area (Å²) in [6, 6.07) is 4.35. The molecule has 0 saturated heterocycles. The Morgan fingerprint density at radius 2 is 1.91 bits per heavy atom. The Morgan fingerprint density at radius 3 is 2.48 bits per heavy atom. The maximum atomic E-state index is 12.1. The number of nitro benzene ring substituents is 1. The van der Waals surface area contributed by atoms with Gasteiger partial charge in [-0.3, -0.25) is 14.9 Å². The molecular weight excluding hydrogens is 324 g/mol. The molecule has 0 fully saturated rings. The zero-order valence-corrected chi connectivity index (χ0v) is 13.7. The third kappa shape index (κ3) is 5.27. The molecule has 0 aliphatic heterocycles. The minimum atomic E-state index is -4.04. The van der Waals surface area contributed by atoms with Crippen LogP contribution in [-0.2, 0) is 14.8 Å². The van der Waals surface area contributed by atoms with E-state index in [0.717, 1.165) is 12.1 Å². The van der Waals surface area contributed by atoms with Crippen molar-refractivity contribution in [3.05, 3.63) is 34.4 Å². The predicted molar refractivity (Wildman–Crippen MR) is 84.1 cm³/mol. The average molecular weight is 344 g/mol. The van der Waals surface area contributed by atoms with E-state index in [-0.39, 0.29) is 24.9 Å². The largest absolute Gasteiger partial charge is 0.353 e. The van der Waals surface area contributed by atoms with Gasteiger partial charge in [0.15, 0.2) is 4.90 Å². The summed E-state index contributed by atoms with van der Waals surface area (Å²) in [5.41, 5.74) is 5.14. The second kappa shape index (κ2) is 7.99. The first-order chi connectivity index (χ1) is 10.7. The number of amides is 1. The molecule has 128 valence electrons. The fourth-order valence-corrected chi connectivity index (χ4v) is 2.91. The van der Waals surface area contributed by atoms with Crippen molar-refractivity contribution in [1.29, 1.82) is 0 Å². The van der Waals surface area contributed by atoms with Gasteiger partial charge >= 0.3 is 0 Å². The van der Waals surface area contributed by atoms with E-state index in [2.05, 4.69) is 10.0 Å². The summed E-state index contributed by atoms with van der Waals surface area (Å²) in [5.74, 6) is -0.427. The van der Waals surface area contributed by atoms with Gasteiger partial charge in [-0.2, -0.15) is 0 Å². The van der Waals surface area contributed by atoms with Gasteiger partial charge < -0.3 is 11.1 Å². The molecule has 0 spiro atoms. The number of hydrogen-bond acceptors (Lipinski definition) is 6. The SMILES string of the molecule is CC(C)[C@H](N)C(=O)NCCNS(=O)(=O)c1ccccc1[N+](=O)[O-]. The maximum absolute atomic E-state index is 12.1. The Labute approximate surface area is 134 Å². The Hall–Kier alpha value is -2.04. The van der Waals surface area contributed by atoms with Crippen LogP contribution in [0.3, 0.4) is 0 Å². The summed E-state index contributed by atoms with van der Waals surface area (Å²) in [6.45, 7) is 3.51. The highest BCUT2D eigenvalue weighted by atomic mass is 32.2. The summed E-state index contributed by atoms with van der Waals surface area (Å²) in [7, 11) is -4.04. The molecule has 10 heteroatoms. The van der Waals surface area contributed by atoms with E-state index in [0.29, 0.717) is 0 Å². The molecule has 0 unspecified atom stereocenters. The summed E-state index contributed by atoms with van der Waals surface area (Å²) < 4.78 is 26.4. The molecule has 1 amide bonds. The number of nitrogens with two attached hydrogens (primary N) is 1. The second-order valence-electron chi connectivity index (χ2n) is 5.18. The molecule has 0 aliphatic rings. The lowest BCUT2D eigenvalue weighted by Gasteiger charge is -2.15. The average Bonchev–Trinajstić information content (AvgIpc) is 2.50. The number of rotatable bonds is 8. The number of nitro groups is 1. The van der Waals surface area contributed by atoms with E-state index < -0.39 is 31.6 Å². The van der Waals surface area contributed by atoms with Crippen molar-refractivity contribution in [2.45, 2.75) is 24.8 Å². The first kappa shape index (κ1) is 19.0. The highest BCUT2D eigenvalue weighted by Gasteiger charge is 2.24. The van der Waals surface area contributed by atoms with Crippen LogP contribution in [-0.4, -0.2) is 38.4 Å². The van der Waals surface area contributed by atoms with Gasteiger partial charge in [-0.1, -0.05) is 26.0 Å². The Bertz CT molecular complexity index is 675. The van der Waals surface area contributed by atoms with Gasteiger partial charge in [0, 0.05) is 19.2 Å². The van der Waals surface area contributed by atoms with Crippen LogP contribution in [0.2, 0.25) is 0 Å². The van der Waals surface area contributed by atoms with Crippen molar-refractivity contribution in [2.75, 3.05) is 13.1 Å². The number of nitrogens with one attached hydrogen (secondary N) is 2. The number of sulfonamides is 1. The molecule has 1 atom stereocenters. The number of carbonyl (C=O) groups excluding carboxylic acids is 1. The quantitative estimate of drug-likeness (QED) is 0.343. The van der Waals surface area contributed by atoms with Crippen LogP contribution in [0.4, 0.5) is 5.69 Å². The Balaban J connectivity index is 2.65. The van der Waals surface area contributed by atoms with Gasteiger partial charge in [0.2, 0.25) is 15.9 Å². The summed E-state index contributed by atoms with van der Waals surface area (Å²) in [6.07, 6.45) is 0. The van der Waals surface area contributed by atoms with E-state index in [9.17, 15) is 23.3 Å². The number of benzene rings is 1. The summed E-state index contributed by atoms with van der Waals surface area (Å²) >= 11 is 0. The lowest BCUT2D eigenvalue weighted by Crippen LogP contribution is -2.46. The van der Waals surface area contributed by atoms with E-state index in [1.807, 2.05) is 0 Å². The molecule has 1 aromatic rings. The normalized spacial score (nSPS) is 12.9. The number of nitrogens with zero attached hydrogens (tertiary/aromatic N) is 1. The van der Waals surface area contributed by atoms with E-state index >= 15 is 0 Å². The van der Waals surface area contributed by atoms with Gasteiger partial charge in [-0.15, -0.1) is 0 Å². The van der Waals surface area contributed by atoms with Gasteiger partial charge in [0.25, 0.3) is 5.69 Å². The summed E-state index contributed by atoms with van der Waals surface area (Å²) in [5, 5.41) is 13.4. The van der Waals surface area contributed by atoms with Gasteiger partial charge in [0.1, 0.15) is 0 Å². The monoisotopic (exact) mass is 344 g/mol. The predicted octanol–water partition coefficient (Wildman–Crippen LogP) is -0.0274. The zero-order valence-electron chi connectivity index (χ0n) is 12.9. The topological polar surface area (TPSA) is 144 Å². The van der Waals surface area contributed by atoms with E-state index in [4.69, 9.17) is 5.73 Å². The molecule has 0 radical (unpaired) electrons. The minimum Gasteiger partial charge on any atom is -0.353 e. The Kier molecular flexibility index (Phi) is 6.61. The van der Waals surface area contributed by atoms with E-state index in [1.165, 1.54) is 12.1 Å². The van der Waals surface area contributed by atoms with Gasteiger partial charge in [-0.25, -0.2) is 13.1 Å². The number of para-hydroxylation sites is 1. The van der Waals surface area contributed by atoms with Crippen molar-refractivity contribution in [2.24, 2.45) is 11.7 Å². The first-order valence-corrected chi connectivity index (χ1v) is 8.41. The third-order valence-corrected chi connectivity index (χ3v) is 4.60. The highest BCUT2D eigenvalue weighted by molar-refractivity contribution is 7.89. The lowest BCUT2D eigenvalue weighted by molar-refractivity contribution is -0.387. The first-order valence-electron chi connectivity index (χ1n) is 6.93. The van der Waals surface area contributed by atoms with Crippen molar-refractivity contribution in [3.8, 4) is 0 Å². The van der Waals surface area contributed by atoms with E-state index in [1.54, 1.807) is 13.8 Å². The zero-order chi connectivity index (χ0) is 17.6. The highest BCUT2D eigenvalue weighted by Crippen LogP contribution is 2.22. The van der Waals surface area contributed by atoms with Crippen molar-refractivity contribution < 1.29 is 18.1 Å². The number of carbonyl (C=O) groups is 1. The lowest BCUT2D eigenvalue weighted by atomic mass is 10.1. The molecule has 0 bridgehead atoms. The molecule has 0 aromatic heterocycles. The van der Waals surface area contributed by atoms with Crippen LogP contribution >= 0.6 is 0 Å². The molecular formula is C13H20N4O5S. The van der Waals surface area contributed by atoms with Gasteiger partial charge in [0.05, 0.1) is 11.0 Å². The van der Waals surface area contributed by atoms with Crippen molar-refractivity contribution in [3.63, 3.8) is 0 Å².